The third kappa shape index (κ3) is 10.9. The minimum absolute atomic E-state index is 0.00846. The Morgan fingerprint density at radius 2 is 1.37 bits per heavy atom. The SMILES string of the molecule is NC(=O)CCC(NC(=O)C(N)CS)C(=O)NC(Cc1ccccc1)C(=O)NC(CC(N)=O)C(=O)O. The molecule has 35 heavy (non-hydrogen) atoms. The Hall–Kier alpha value is -3.65. The van der Waals surface area contributed by atoms with Crippen LogP contribution in [0.5, 0.6) is 0 Å². The molecule has 0 aliphatic rings. The summed E-state index contributed by atoms with van der Waals surface area (Å²) in [5.74, 6) is -5.60. The van der Waals surface area contributed by atoms with Crippen LogP contribution < -0.4 is 33.2 Å². The van der Waals surface area contributed by atoms with Crippen LogP contribution in [0.15, 0.2) is 30.3 Å². The molecule has 4 atom stereocenters. The fourth-order valence-electron chi connectivity index (χ4n) is 2.92. The first-order chi connectivity index (χ1) is 16.4. The molecule has 14 heteroatoms. The highest BCUT2D eigenvalue weighted by Gasteiger charge is 2.31. The number of amides is 5. The van der Waals surface area contributed by atoms with E-state index in [4.69, 9.17) is 17.2 Å². The summed E-state index contributed by atoms with van der Waals surface area (Å²) in [5.41, 5.74) is 16.5. The van der Waals surface area contributed by atoms with Gasteiger partial charge in [0, 0.05) is 18.6 Å². The number of nitrogens with two attached hydrogens (primary N) is 3. The molecule has 13 nitrogen and oxygen atoms in total. The van der Waals surface area contributed by atoms with Crippen LogP contribution in [0.25, 0.3) is 0 Å². The van der Waals surface area contributed by atoms with Crippen molar-refractivity contribution in [2.45, 2.75) is 49.9 Å². The third-order valence-corrected chi connectivity index (χ3v) is 5.17. The lowest BCUT2D eigenvalue weighted by Crippen LogP contribution is -2.58. The van der Waals surface area contributed by atoms with E-state index < -0.39 is 66.1 Å². The standard InChI is InChI=1S/C21H30N6O7S/c22-12(10-35)18(30)25-13(6-7-16(23)28)19(31)26-14(8-11-4-2-1-3-5-11)20(32)27-15(21(33)34)9-17(24)29/h1-5,12-15,35H,6-10,22H2,(H2,23,28)(H2,24,29)(H,25,30)(H,26,31)(H,27,32)(H,33,34). The Morgan fingerprint density at radius 3 is 1.89 bits per heavy atom. The van der Waals surface area contributed by atoms with Gasteiger partial charge in [-0.25, -0.2) is 4.79 Å². The summed E-state index contributed by atoms with van der Waals surface area (Å²) in [5, 5.41) is 16.3. The number of primary amides is 2. The van der Waals surface area contributed by atoms with Gasteiger partial charge in [-0.3, -0.25) is 24.0 Å². The number of rotatable bonds is 15. The van der Waals surface area contributed by atoms with Crippen LogP contribution in [-0.4, -0.2) is 70.5 Å². The highest BCUT2D eigenvalue weighted by molar-refractivity contribution is 7.80. The average molecular weight is 511 g/mol. The number of aliphatic carboxylic acids is 1. The monoisotopic (exact) mass is 510 g/mol. The van der Waals surface area contributed by atoms with E-state index in [2.05, 4.69) is 28.6 Å². The van der Waals surface area contributed by atoms with Crippen molar-refractivity contribution in [2.24, 2.45) is 17.2 Å². The fraction of sp³-hybridized carbons (Fsp3) is 0.429. The van der Waals surface area contributed by atoms with E-state index in [0.717, 1.165) is 0 Å². The second kappa shape index (κ2) is 14.6. The first-order valence-electron chi connectivity index (χ1n) is 10.6. The molecule has 1 aromatic carbocycles. The molecule has 0 spiro atoms. The van der Waals surface area contributed by atoms with Crippen LogP contribution >= 0.6 is 12.6 Å². The first kappa shape index (κ1) is 29.4. The van der Waals surface area contributed by atoms with Crippen LogP contribution in [0.3, 0.4) is 0 Å². The average Bonchev–Trinajstić information content (AvgIpc) is 2.80. The quantitative estimate of drug-likeness (QED) is 0.114. The molecule has 0 fully saturated rings. The second-order valence-corrected chi connectivity index (χ2v) is 8.04. The Bertz CT molecular complexity index is 930. The molecule has 192 valence electrons. The largest absolute Gasteiger partial charge is 0.480 e. The Kier molecular flexibility index (Phi) is 12.2. The van der Waals surface area contributed by atoms with Gasteiger partial charge in [-0.2, -0.15) is 12.6 Å². The van der Waals surface area contributed by atoms with E-state index in [-0.39, 0.29) is 25.0 Å². The molecule has 0 aliphatic heterocycles. The topological polar surface area (TPSA) is 237 Å². The van der Waals surface area contributed by atoms with Crippen molar-refractivity contribution in [3.8, 4) is 0 Å². The summed E-state index contributed by atoms with van der Waals surface area (Å²) < 4.78 is 0. The van der Waals surface area contributed by atoms with Gasteiger partial charge in [0.25, 0.3) is 0 Å². The zero-order valence-electron chi connectivity index (χ0n) is 18.8. The molecule has 0 aromatic heterocycles. The molecule has 10 N–H and O–H groups in total. The number of carboxylic acids is 1. The zero-order chi connectivity index (χ0) is 26.5. The Labute approximate surface area is 206 Å². The van der Waals surface area contributed by atoms with Gasteiger partial charge in [0.2, 0.25) is 29.5 Å². The van der Waals surface area contributed by atoms with Crippen LogP contribution in [0.2, 0.25) is 0 Å². The Balaban J connectivity index is 3.14. The van der Waals surface area contributed by atoms with Crippen molar-refractivity contribution in [3.63, 3.8) is 0 Å². The number of thiol groups is 1. The molecule has 1 aromatic rings. The number of hydrogen-bond acceptors (Lipinski definition) is 8. The molecule has 1 rings (SSSR count). The van der Waals surface area contributed by atoms with Crippen molar-refractivity contribution >= 4 is 48.1 Å². The van der Waals surface area contributed by atoms with Gasteiger partial charge in [0.15, 0.2) is 0 Å². The number of benzene rings is 1. The van der Waals surface area contributed by atoms with E-state index in [1.165, 1.54) is 0 Å². The second-order valence-electron chi connectivity index (χ2n) is 7.68. The number of carbonyl (C=O) groups excluding carboxylic acids is 5. The highest BCUT2D eigenvalue weighted by atomic mass is 32.1. The summed E-state index contributed by atoms with van der Waals surface area (Å²) >= 11 is 3.93. The van der Waals surface area contributed by atoms with Gasteiger partial charge < -0.3 is 38.3 Å². The molecule has 5 amide bonds. The lowest BCUT2D eigenvalue weighted by atomic mass is 10.0. The third-order valence-electron chi connectivity index (χ3n) is 4.78. The predicted molar refractivity (Wildman–Crippen MR) is 128 cm³/mol. The van der Waals surface area contributed by atoms with Crippen molar-refractivity contribution in [1.29, 1.82) is 0 Å². The van der Waals surface area contributed by atoms with Crippen LogP contribution in [0.1, 0.15) is 24.8 Å². The molecule has 0 aliphatic carbocycles. The maximum atomic E-state index is 13.0. The van der Waals surface area contributed by atoms with Crippen molar-refractivity contribution in [1.82, 2.24) is 16.0 Å². The minimum atomic E-state index is -1.62. The molecule has 0 radical (unpaired) electrons. The highest BCUT2D eigenvalue weighted by Crippen LogP contribution is 2.07. The van der Waals surface area contributed by atoms with Gasteiger partial charge in [0.05, 0.1) is 12.5 Å². The lowest BCUT2D eigenvalue weighted by molar-refractivity contribution is -0.143. The van der Waals surface area contributed by atoms with E-state index in [0.29, 0.717) is 5.56 Å². The summed E-state index contributed by atoms with van der Waals surface area (Å²) in [4.78, 5) is 71.9. The van der Waals surface area contributed by atoms with Crippen LogP contribution in [0.4, 0.5) is 0 Å². The van der Waals surface area contributed by atoms with Crippen molar-refractivity contribution in [3.05, 3.63) is 35.9 Å². The predicted octanol–water partition coefficient (Wildman–Crippen LogP) is -2.83. The maximum absolute atomic E-state index is 13.0. The van der Waals surface area contributed by atoms with Crippen molar-refractivity contribution < 1.29 is 33.9 Å². The smallest absolute Gasteiger partial charge is 0.326 e. The summed E-state index contributed by atoms with van der Waals surface area (Å²) in [7, 11) is 0. The van der Waals surface area contributed by atoms with Gasteiger partial charge in [-0.1, -0.05) is 30.3 Å². The van der Waals surface area contributed by atoms with Gasteiger partial charge >= 0.3 is 5.97 Å². The van der Waals surface area contributed by atoms with Gasteiger partial charge in [0.1, 0.15) is 18.1 Å². The number of nitrogens with one attached hydrogen (secondary N) is 3. The minimum Gasteiger partial charge on any atom is -0.480 e. The normalized spacial score (nSPS) is 14.0. The molecule has 0 bridgehead atoms. The van der Waals surface area contributed by atoms with Crippen LogP contribution in [-0.2, 0) is 35.2 Å². The number of hydrogen-bond donors (Lipinski definition) is 8. The molecule has 0 heterocycles. The van der Waals surface area contributed by atoms with Gasteiger partial charge in [-0.05, 0) is 12.0 Å². The van der Waals surface area contributed by atoms with Gasteiger partial charge in [-0.15, -0.1) is 0 Å². The maximum Gasteiger partial charge on any atom is 0.326 e. The summed E-state index contributed by atoms with van der Waals surface area (Å²) in [6, 6.07) is 3.29. The molecule has 4 unspecified atom stereocenters. The molecular weight excluding hydrogens is 480 g/mol. The molecule has 0 saturated heterocycles. The van der Waals surface area contributed by atoms with E-state index in [1.54, 1.807) is 30.3 Å². The Morgan fingerprint density at radius 1 is 0.829 bits per heavy atom. The van der Waals surface area contributed by atoms with Crippen LogP contribution in [0, 0.1) is 0 Å². The fourth-order valence-corrected chi connectivity index (χ4v) is 3.09. The van der Waals surface area contributed by atoms with E-state index in [1.807, 2.05) is 0 Å². The summed E-state index contributed by atoms with van der Waals surface area (Å²) in [6.45, 7) is 0. The number of carbonyl (C=O) groups is 6. The molecular formula is C21H30N6O7S. The molecule has 0 saturated carbocycles. The number of carboxylic acid groups (broad SMARTS) is 1. The first-order valence-corrected chi connectivity index (χ1v) is 11.2. The van der Waals surface area contributed by atoms with E-state index in [9.17, 15) is 33.9 Å². The van der Waals surface area contributed by atoms with Crippen molar-refractivity contribution in [2.75, 3.05) is 5.75 Å². The van der Waals surface area contributed by atoms with E-state index >= 15 is 0 Å². The zero-order valence-corrected chi connectivity index (χ0v) is 19.7. The lowest BCUT2D eigenvalue weighted by Gasteiger charge is -2.25. The summed E-state index contributed by atoms with van der Waals surface area (Å²) in [6.07, 6.45) is -1.13.